The van der Waals surface area contributed by atoms with Crippen LogP contribution in [0.5, 0.6) is 0 Å². The van der Waals surface area contributed by atoms with Crippen molar-refractivity contribution in [3.63, 3.8) is 0 Å². The fraction of sp³-hybridized carbons (Fsp3) is 0.276. The summed E-state index contributed by atoms with van der Waals surface area (Å²) in [6.07, 6.45) is 5.49. The molecule has 0 radical (unpaired) electrons. The Morgan fingerprint density at radius 1 is 1.18 bits per heavy atom. The fourth-order valence-electron chi connectivity index (χ4n) is 5.13. The minimum atomic E-state index is -0.0840. The average Bonchev–Trinajstić information content (AvgIpc) is 3.33. The van der Waals surface area contributed by atoms with Gasteiger partial charge in [0.25, 0.3) is 0 Å². The Balaban J connectivity index is 1.40. The highest BCUT2D eigenvalue weighted by Crippen LogP contribution is 2.34. The van der Waals surface area contributed by atoms with Crippen LogP contribution in [0.1, 0.15) is 46.8 Å². The molecule has 1 fully saturated rings. The maximum absolute atomic E-state index is 12.8. The number of fused-ring (bicyclic) bond motifs is 1. The Hall–Kier alpha value is -4.04. The molecule has 8 nitrogen and oxygen atoms in total. The largest absolute Gasteiger partial charge is 0.383 e. The molecule has 1 unspecified atom stereocenters. The number of carbonyl (C=O) groups is 2. The first-order valence-corrected chi connectivity index (χ1v) is 13.0. The van der Waals surface area contributed by atoms with E-state index in [1.165, 1.54) is 12.4 Å². The van der Waals surface area contributed by atoms with Gasteiger partial charge in [0, 0.05) is 30.6 Å². The molecule has 3 heterocycles. The lowest BCUT2D eigenvalue weighted by atomic mass is 9.98. The van der Waals surface area contributed by atoms with Crippen molar-refractivity contribution >= 4 is 40.1 Å². The van der Waals surface area contributed by atoms with Crippen LogP contribution in [-0.2, 0) is 11.2 Å². The van der Waals surface area contributed by atoms with E-state index in [1.54, 1.807) is 11.0 Å². The van der Waals surface area contributed by atoms with Gasteiger partial charge in [0.15, 0.2) is 11.4 Å². The summed E-state index contributed by atoms with van der Waals surface area (Å²) in [5.74, 6) is 0.304. The molecule has 9 heteroatoms. The van der Waals surface area contributed by atoms with E-state index in [0.717, 1.165) is 29.5 Å². The number of aromatic nitrogens is 4. The third-order valence-electron chi connectivity index (χ3n) is 7.12. The van der Waals surface area contributed by atoms with Crippen molar-refractivity contribution in [1.82, 2.24) is 24.6 Å². The fourth-order valence-corrected chi connectivity index (χ4v) is 5.46. The first-order valence-electron chi connectivity index (χ1n) is 12.6. The maximum Gasteiger partial charge on any atom is 0.246 e. The van der Waals surface area contributed by atoms with Crippen LogP contribution in [-0.4, -0.2) is 49.4 Å². The van der Waals surface area contributed by atoms with E-state index in [1.807, 2.05) is 48.0 Å². The summed E-state index contributed by atoms with van der Waals surface area (Å²) in [4.78, 5) is 35.5. The van der Waals surface area contributed by atoms with Crippen LogP contribution in [0, 0.1) is 6.92 Å². The molecule has 4 aromatic rings. The van der Waals surface area contributed by atoms with E-state index < -0.39 is 0 Å². The van der Waals surface area contributed by atoms with Crippen molar-refractivity contribution in [2.45, 2.75) is 38.6 Å². The van der Waals surface area contributed by atoms with Crippen LogP contribution >= 0.6 is 11.6 Å². The van der Waals surface area contributed by atoms with Gasteiger partial charge < -0.3 is 10.6 Å². The minimum Gasteiger partial charge on any atom is -0.383 e. The number of nitrogen functional groups attached to an aromatic ring is 1. The zero-order valence-electron chi connectivity index (χ0n) is 21.2. The predicted octanol–water partition coefficient (Wildman–Crippen LogP) is 5.20. The number of rotatable bonds is 7. The van der Waals surface area contributed by atoms with Crippen LogP contribution in [0.15, 0.2) is 61.4 Å². The first kappa shape index (κ1) is 25.6. The summed E-state index contributed by atoms with van der Waals surface area (Å²) >= 11 is 6.27. The molecule has 1 aliphatic heterocycles. The molecule has 38 heavy (non-hydrogen) atoms. The number of carbonyl (C=O) groups excluding carboxylic acids is 2. The molecule has 0 bridgehead atoms. The standard InChI is InChI=1S/C29H29ClN6O2/c1-3-24(38)35-15-5-7-21(16-35)36-29-26(28(31)32-17-33-29)27(34-36)20-12-9-19(10-13-20)11-14-23(37)25-18(2)6-4-8-22(25)30/h3-4,6,8-10,12-13,17,21H,1,5,7,11,14-16H2,2H3,(H2,31,32,33). The van der Waals surface area contributed by atoms with Crippen LogP contribution in [0.25, 0.3) is 22.3 Å². The van der Waals surface area contributed by atoms with Gasteiger partial charge in [0.05, 0.1) is 16.5 Å². The smallest absolute Gasteiger partial charge is 0.246 e. The van der Waals surface area contributed by atoms with Crippen molar-refractivity contribution in [3.05, 3.63) is 83.2 Å². The van der Waals surface area contributed by atoms with Crippen molar-refractivity contribution in [3.8, 4) is 11.3 Å². The predicted molar refractivity (Wildman–Crippen MR) is 149 cm³/mol. The summed E-state index contributed by atoms with van der Waals surface area (Å²) in [6, 6.07) is 13.4. The zero-order valence-corrected chi connectivity index (χ0v) is 22.0. The number of amides is 1. The maximum atomic E-state index is 12.8. The number of likely N-dealkylation sites (tertiary alicyclic amines) is 1. The number of piperidine rings is 1. The monoisotopic (exact) mass is 528 g/mol. The molecule has 2 N–H and O–H groups in total. The van der Waals surface area contributed by atoms with E-state index in [9.17, 15) is 9.59 Å². The molecule has 1 saturated heterocycles. The zero-order chi connectivity index (χ0) is 26.8. The number of benzene rings is 2. The highest BCUT2D eigenvalue weighted by Gasteiger charge is 2.28. The number of Topliss-reactive ketones (excluding diaryl/α,β-unsaturated/α-hetero) is 1. The van der Waals surface area contributed by atoms with Gasteiger partial charge in [0.1, 0.15) is 17.8 Å². The highest BCUT2D eigenvalue weighted by molar-refractivity contribution is 6.34. The number of anilines is 1. The molecule has 1 aliphatic rings. The van der Waals surface area contributed by atoms with E-state index in [2.05, 4.69) is 16.5 Å². The molecule has 194 valence electrons. The van der Waals surface area contributed by atoms with Gasteiger partial charge >= 0.3 is 0 Å². The lowest BCUT2D eigenvalue weighted by Gasteiger charge is -2.32. The lowest BCUT2D eigenvalue weighted by molar-refractivity contribution is -0.127. The third-order valence-corrected chi connectivity index (χ3v) is 7.43. The number of ketones is 1. The van der Waals surface area contributed by atoms with Crippen LogP contribution in [0.3, 0.4) is 0 Å². The van der Waals surface area contributed by atoms with E-state index in [-0.39, 0.29) is 17.7 Å². The van der Waals surface area contributed by atoms with E-state index >= 15 is 0 Å². The Kier molecular flexibility index (Phi) is 7.24. The number of halogens is 1. The summed E-state index contributed by atoms with van der Waals surface area (Å²) in [6.45, 7) is 6.74. The Morgan fingerprint density at radius 3 is 2.71 bits per heavy atom. The lowest BCUT2D eigenvalue weighted by Crippen LogP contribution is -2.40. The second kappa shape index (κ2) is 10.8. The molecule has 0 spiro atoms. The Morgan fingerprint density at radius 2 is 1.97 bits per heavy atom. The second-order valence-corrected chi connectivity index (χ2v) is 9.99. The molecule has 0 saturated carbocycles. The normalized spacial score (nSPS) is 15.5. The van der Waals surface area contributed by atoms with Crippen molar-refractivity contribution in [1.29, 1.82) is 0 Å². The molecular weight excluding hydrogens is 500 g/mol. The number of hydrogen-bond donors (Lipinski definition) is 1. The first-order chi connectivity index (χ1) is 18.4. The quantitative estimate of drug-likeness (QED) is 0.261. The molecule has 2 aromatic heterocycles. The third kappa shape index (κ3) is 4.91. The number of hydrogen-bond acceptors (Lipinski definition) is 6. The Bertz CT molecular complexity index is 1510. The second-order valence-electron chi connectivity index (χ2n) is 9.59. The van der Waals surface area contributed by atoms with Gasteiger partial charge in [-0.15, -0.1) is 0 Å². The summed E-state index contributed by atoms with van der Waals surface area (Å²) in [7, 11) is 0. The van der Waals surface area contributed by atoms with Gasteiger partial charge in [-0.25, -0.2) is 14.6 Å². The van der Waals surface area contributed by atoms with Gasteiger partial charge in [-0.1, -0.05) is 54.6 Å². The molecular formula is C29H29ClN6O2. The van der Waals surface area contributed by atoms with Crippen molar-refractivity contribution in [2.75, 3.05) is 18.8 Å². The van der Waals surface area contributed by atoms with Crippen LogP contribution < -0.4 is 5.73 Å². The minimum absolute atomic E-state index is 0.0308. The number of nitrogens with two attached hydrogens (primary N) is 1. The highest BCUT2D eigenvalue weighted by atomic mass is 35.5. The van der Waals surface area contributed by atoms with Gasteiger partial charge in [-0.3, -0.25) is 9.59 Å². The van der Waals surface area contributed by atoms with E-state index in [4.69, 9.17) is 22.4 Å². The van der Waals surface area contributed by atoms with Gasteiger partial charge in [-0.05, 0) is 49.5 Å². The Labute approximate surface area is 226 Å². The van der Waals surface area contributed by atoms with Crippen molar-refractivity contribution in [2.24, 2.45) is 0 Å². The van der Waals surface area contributed by atoms with E-state index in [0.29, 0.717) is 59.1 Å². The molecule has 2 aromatic carbocycles. The molecule has 0 aliphatic carbocycles. The molecule has 1 atom stereocenters. The summed E-state index contributed by atoms with van der Waals surface area (Å²) < 4.78 is 1.88. The van der Waals surface area contributed by atoms with Crippen LogP contribution in [0.2, 0.25) is 5.02 Å². The summed E-state index contributed by atoms with van der Waals surface area (Å²) in [5.41, 5.74) is 11.0. The van der Waals surface area contributed by atoms with Crippen molar-refractivity contribution < 1.29 is 9.59 Å². The van der Waals surface area contributed by atoms with Gasteiger partial charge in [-0.2, -0.15) is 5.10 Å². The van der Waals surface area contributed by atoms with Crippen LogP contribution in [0.4, 0.5) is 5.82 Å². The topological polar surface area (TPSA) is 107 Å². The summed E-state index contributed by atoms with van der Waals surface area (Å²) in [5, 5.41) is 6.11. The number of aryl methyl sites for hydroxylation is 2. The SMILES string of the molecule is C=CC(=O)N1CCCC(n2nc(-c3ccc(CCC(=O)c4c(C)cccc4Cl)cc3)c3c(N)ncnc32)C1. The number of nitrogens with zero attached hydrogens (tertiary/aromatic N) is 5. The molecule has 1 amide bonds. The van der Waals surface area contributed by atoms with Gasteiger partial charge in [0.2, 0.25) is 5.91 Å². The average molecular weight is 529 g/mol. The molecule has 5 rings (SSSR count).